The fourth-order valence-electron chi connectivity index (χ4n) is 2.07. The standard InChI is InChI=1S/C15H23NO2/c1-12(2)18-14-7-5-4-6-13(14)8-16-9-15(3)10-17-11-15/h4-7,12,16H,8-11H2,1-3H3. The molecule has 0 bridgehead atoms. The maximum Gasteiger partial charge on any atom is 0.124 e. The topological polar surface area (TPSA) is 30.5 Å². The van der Waals surface area contributed by atoms with Gasteiger partial charge in [0.05, 0.1) is 19.3 Å². The number of nitrogens with one attached hydrogen (secondary N) is 1. The predicted molar refractivity (Wildman–Crippen MR) is 72.8 cm³/mol. The number of para-hydroxylation sites is 1. The summed E-state index contributed by atoms with van der Waals surface area (Å²) in [6.07, 6.45) is 0.212. The third-order valence-electron chi connectivity index (χ3n) is 3.10. The van der Waals surface area contributed by atoms with Crippen molar-refractivity contribution in [3.05, 3.63) is 29.8 Å². The molecule has 3 nitrogen and oxygen atoms in total. The number of benzene rings is 1. The van der Waals surface area contributed by atoms with Gasteiger partial charge in [-0.2, -0.15) is 0 Å². The number of ether oxygens (including phenoxy) is 2. The Kier molecular flexibility index (Phi) is 4.25. The summed E-state index contributed by atoms with van der Waals surface area (Å²) in [5.41, 5.74) is 1.53. The quantitative estimate of drug-likeness (QED) is 0.840. The molecule has 1 aromatic rings. The van der Waals surface area contributed by atoms with Gasteiger partial charge in [0, 0.05) is 24.1 Å². The van der Waals surface area contributed by atoms with Crippen LogP contribution in [0.1, 0.15) is 26.3 Å². The van der Waals surface area contributed by atoms with Crippen molar-refractivity contribution in [3.8, 4) is 5.75 Å². The summed E-state index contributed by atoms with van der Waals surface area (Å²) in [5, 5.41) is 3.50. The van der Waals surface area contributed by atoms with Crippen molar-refractivity contribution in [1.29, 1.82) is 0 Å². The van der Waals surface area contributed by atoms with Crippen LogP contribution >= 0.6 is 0 Å². The highest BCUT2D eigenvalue weighted by atomic mass is 16.5. The van der Waals surface area contributed by atoms with Gasteiger partial charge in [-0.25, -0.2) is 0 Å². The molecule has 0 atom stereocenters. The average molecular weight is 249 g/mol. The molecule has 18 heavy (non-hydrogen) atoms. The molecule has 0 radical (unpaired) electrons. The zero-order valence-corrected chi connectivity index (χ0v) is 11.5. The van der Waals surface area contributed by atoms with Gasteiger partial charge < -0.3 is 14.8 Å². The van der Waals surface area contributed by atoms with Crippen molar-refractivity contribution in [2.75, 3.05) is 19.8 Å². The van der Waals surface area contributed by atoms with E-state index < -0.39 is 0 Å². The molecule has 1 aliphatic heterocycles. The molecule has 1 aromatic carbocycles. The highest BCUT2D eigenvalue weighted by Crippen LogP contribution is 2.25. The van der Waals surface area contributed by atoms with Crippen LogP contribution in [0, 0.1) is 5.41 Å². The van der Waals surface area contributed by atoms with Crippen molar-refractivity contribution < 1.29 is 9.47 Å². The third kappa shape index (κ3) is 3.47. The fourth-order valence-corrected chi connectivity index (χ4v) is 2.07. The zero-order chi connectivity index (χ0) is 13.0. The Hall–Kier alpha value is -1.06. The van der Waals surface area contributed by atoms with Crippen molar-refractivity contribution in [1.82, 2.24) is 5.32 Å². The molecule has 0 unspecified atom stereocenters. The smallest absolute Gasteiger partial charge is 0.124 e. The summed E-state index contributed by atoms with van der Waals surface area (Å²) in [5.74, 6) is 0.981. The van der Waals surface area contributed by atoms with Crippen molar-refractivity contribution in [2.45, 2.75) is 33.4 Å². The lowest BCUT2D eigenvalue weighted by atomic mass is 9.89. The van der Waals surface area contributed by atoms with Gasteiger partial charge >= 0.3 is 0 Å². The first-order valence-electron chi connectivity index (χ1n) is 6.62. The minimum absolute atomic E-state index is 0.212. The molecular formula is C15H23NO2. The highest BCUT2D eigenvalue weighted by molar-refractivity contribution is 5.33. The molecule has 0 aliphatic carbocycles. The Balaban J connectivity index is 1.88. The molecule has 1 N–H and O–H groups in total. The Morgan fingerprint density at radius 2 is 2.06 bits per heavy atom. The summed E-state index contributed by atoms with van der Waals surface area (Å²) in [6, 6.07) is 8.22. The molecule has 2 rings (SSSR count). The van der Waals surface area contributed by atoms with E-state index in [0.29, 0.717) is 5.41 Å². The summed E-state index contributed by atoms with van der Waals surface area (Å²) in [6.45, 7) is 9.92. The van der Waals surface area contributed by atoms with E-state index >= 15 is 0 Å². The first-order valence-corrected chi connectivity index (χ1v) is 6.62. The highest BCUT2D eigenvalue weighted by Gasteiger charge is 2.32. The summed E-state index contributed by atoms with van der Waals surface area (Å²) in [7, 11) is 0. The SMILES string of the molecule is CC(C)Oc1ccccc1CNCC1(C)COC1. The second-order valence-electron chi connectivity index (χ2n) is 5.68. The number of rotatable bonds is 6. The van der Waals surface area contributed by atoms with Crippen molar-refractivity contribution in [2.24, 2.45) is 5.41 Å². The van der Waals surface area contributed by atoms with Gasteiger partial charge in [0.15, 0.2) is 0 Å². The summed E-state index contributed by atoms with van der Waals surface area (Å²) < 4.78 is 11.1. The van der Waals surface area contributed by atoms with Crippen LogP contribution in [0.5, 0.6) is 5.75 Å². The molecule has 3 heteroatoms. The Morgan fingerprint density at radius 3 is 2.67 bits per heavy atom. The molecule has 0 aromatic heterocycles. The van der Waals surface area contributed by atoms with Crippen LogP contribution in [0.3, 0.4) is 0 Å². The minimum atomic E-state index is 0.212. The molecule has 100 valence electrons. The Bertz CT molecular complexity index is 386. The van der Waals surface area contributed by atoms with Gasteiger partial charge in [0.2, 0.25) is 0 Å². The van der Waals surface area contributed by atoms with E-state index in [1.165, 1.54) is 5.56 Å². The molecule has 0 amide bonds. The molecule has 0 spiro atoms. The minimum Gasteiger partial charge on any atom is -0.491 e. The van der Waals surface area contributed by atoms with E-state index in [1.54, 1.807) is 0 Å². The molecule has 1 saturated heterocycles. The Morgan fingerprint density at radius 1 is 1.33 bits per heavy atom. The van der Waals surface area contributed by atoms with Gasteiger partial charge in [0.25, 0.3) is 0 Å². The van der Waals surface area contributed by atoms with E-state index in [-0.39, 0.29) is 6.10 Å². The van der Waals surface area contributed by atoms with Crippen LogP contribution in [0.4, 0.5) is 0 Å². The summed E-state index contributed by atoms with van der Waals surface area (Å²) in [4.78, 5) is 0. The maximum absolute atomic E-state index is 5.80. The van der Waals surface area contributed by atoms with Gasteiger partial charge in [-0.1, -0.05) is 25.1 Å². The number of hydrogen-bond donors (Lipinski definition) is 1. The lowest BCUT2D eigenvalue weighted by molar-refractivity contribution is -0.0991. The second kappa shape index (κ2) is 5.72. The first-order chi connectivity index (χ1) is 8.59. The maximum atomic E-state index is 5.80. The fraction of sp³-hybridized carbons (Fsp3) is 0.600. The van der Waals surface area contributed by atoms with Crippen LogP contribution in [0.2, 0.25) is 0 Å². The van der Waals surface area contributed by atoms with E-state index in [4.69, 9.17) is 9.47 Å². The lowest BCUT2D eigenvalue weighted by Crippen LogP contribution is -2.47. The first kappa shape index (κ1) is 13.4. The van der Waals surface area contributed by atoms with Crippen LogP contribution < -0.4 is 10.1 Å². The van der Waals surface area contributed by atoms with Gasteiger partial charge in [-0.05, 0) is 19.9 Å². The van der Waals surface area contributed by atoms with Crippen LogP contribution in [-0.2, 0) is 11.3 Å². The number of hydrogen-bond acceptors (Lipinski definition) is 3. The molecule has 1 fully saturated rings. The van der Waals surface area contributed by atoms with Crippen LogP contribution in [0.25, 0.3) is 0 Å². The normalized spacial score (nSPS) is 17.6. The zero-order valence-electron chi connectivity index (χ0n) is 11.5. The van der Waals surface area contributed by atoms with E-state index in [1.807, 2.05) is 12.1 Å². The van der Waals surface area contributed by atoms with E-state index in [0.717, 1.165) is 32.1 Å². The Labute approximate surface area is 109 Å². The monoisotopic (exact) mass is 249 g/mol. The molecule has 1 heterocycles. The van der Waals surface area contributed by atoms with Gasteiger partial charge in [-0.3, -0.25) is 0 Å². The van der Waals surface area contributed by atoms with Crippen LogP contribution in [-0.4, -0.2) is 25.9 Å². The van der Waals surface area contributed by atoms with Crippen molar-refractivity contribution in [3.63, 3.8) is 0 Å². The van der Waals surface area contributed by atoms with Crippen molar-refractivity contribution >= 4 is 0 Å². The third-order valence-corrected chi connectivity index (χ3v) is 3.10. The molecule has 1 aliphatic rings. The van der Waals surface area contributed by atoms with Gasteiger partial charge in [-0.15, -0.1) is 0 Å². The lowest BCUT2D eigenvalue weighted by Gasteiger charge is -2.38. The van der Waals surface area contributed by atoms with E-state index in [9.17, 15) is 0 Å². The predicted octanol–water partition coefficient (Wildman–Crippen LogP) is 2.60. The largest absolute Gasteiger partial charge is 0.491 e. The average Bonchev–Trinajstić information content (AvgIpc) is 2.28. The van der Waals surface area contributed by atoms with Crippen LogP contribution in [0.15, 0.2) is 24.3 Å². The van der Waals surface area contributed by atoms with E-state index in [2.05, 4.69) is 38.2 Å². The molecular weight excluding hydrogens is 226 g/mol. The second-order valence-corrected chi connectivity index (χ2v) is 5.68. The summed E-state index contributed by atoms with van der Waals surface area (Å²) >= 11 is 0. The molecule has 0 saturated carbocycles. The van der Waals surface area contributed by atoms with Gasteiger partial charge in [0.1, 0.15) is 5.75 Å².